The third-order valence-electron chi connectivity index (χ3n) is 4.07. The van der Waals surface area contributed by atoms with E-state index in [2.05, 4.69) is 11.9 Å². The molecule has 2 saturated heterocycles. The SMILES string of the molecule is C[N+]1(CC(CN2CCOCC2)[N+](=O)[O-])CCOCC1. The van der Waals surface area contributed by atoms with Crippen molar-refractivity contribution in [2.45, 2.75) is 6.04 Å². The van der Waals surface area contributed by atoms with Crippen molar-refractivity contribution in [1.29, 1.82) is 0 Å². The molecular weight excluding hydrogens is 250 g/mol. The molecule has 0 amide bonds. The summed E-state index contributed by atoms with van der Waals surface area (Å²) in [6, 6.07) is -0.499. The zero-order valence-electron chi connectivity index (χ0n) is 11.6. The van der Waals surface area contributed by atoms with Crippen molar-refractivity contribution in [2.24, 2.45) is 0 Å². The summed E-state index contributed by atoms with van der Waals surface area (Å²) in [6.07, 6.45) is 0. The minimum atomic E-state index is -0.499. The van der Waals surface area contributed by atoms with Gasteiger partial charge in [0, 0.05) is 18.0 Å². The van der Waals surface area contributed by atoms with Crippen LogP contribution in [0.5, 0.6) is 0 Å². The molecule has 2 rings (SSSR count). The Labute approximate surface area is 113 Å². The quantitative estimate of drug-likeness (QED) is 0.382. The van der Waals surface area contributed by atoms with E-state index >= 15 is 0 Å². The average molecular weight is 274 g/mol. The van der Waals surface area contributed by atoms with Gasteiger partial charge in [-0.05, 0) is 0 Å². The van der Waals surface area contributed by atoms with Gasteiger partial charge in [-0.1, -0.05) is 0 Å². The highest BCUT2D eigenvalue weighted by Gasteiger charge is 2.36. The van der Waals surface area contributed by atoms with Crippen molar-refractivity contribution >= 4 is 0 Å². The highest BCUT2D eigenvalue weighted by atomic mass is 16.6. The molecule has 2 aliphatic heterocycles. The molecule has 2 fully saturated rings. The Morgan fingerprint density at radius 1 is 1.21 bits per heavy atom. The first kappa shape index (κ1) is 14.6. The Hall–Kier alpha value is -0.760. The van der Waals surface area contributed by atoms with Crippen LogP contribution < -0.4 is 0 Å². The maximum absolute atomic E-state index is 11.3. The summed E-state index contributed by atoms with van der Waals surface area (Å²) in [5.74, 6) is 0. The van der Waals surface area contributed by atoms with E-state index in [-0.39, 0.29) is 4.92 Å². The first-order valence-electron chi connectivity index (χ1n) is 6.94. The maximum atomic E-state index is 11.3. The number of quaternary nitrogens is 1. The number of morpholine rings is 2. The lowest BCUT2D eigenvalue weighted by Crippen LogP contribution is -2.58. The second-order valence-electron chi connectivity index (χ2n) is 5.71. The molecule has 0 radical (unpaired) electrons. The van der Waals surface area contributed by atoms with E-state index in [9.17, 15) is 10.1 Å². The van der Waals surface area contributed by atoms with Crippen LogP contribution in [-0.4, -0.2) is 93.1 Å². The zero-order chi connectivity index (χ0) is 13.7. The van der Waals surface area contributed by atoms with Crippen molar-refractivity contribution in [3.8, 4) is 0 Å². The standard InChI is InChI=1S/C12H24N3O4/c1-15(4-8-19-9-5-15)11-12(14(16)17)10-13-2-6-18-7-3-13/h12H,2-11H2,1H3/q+1. The van der Waals surface area contributed by atoms with Gasteiger partial charge in [-0.15, -0.1) is 0 Å². The van der Waals surface area contributed by atoms with Gasteiger partial charge in [-0.2, -0.15) is 0 Å². The smallest absolute Gasteiger partial charge is 0.273 e. The monoisotopic (exact) mass is 274 g/mol. The Bertz CT molecular complexity index is 301. The van der Waals surface area contributed by atoms with Crippen molar-refractivity contribution in [2.75, 3.05) is 72.7 Å². The van der Waals surface area contributed by atoms with Gasteiger partial charge in [-0.3, -0.25) is 15.0 Å². The molecule has 0 aliphatic carbocycles. The molecule has 1 atom stereocenters. The van der Waals surface area contributed by atoms with E-state index in [0.717, 1.165) is 30.7 Å². The second kappa shape index (κ2) is 6.60. The Kier molecular flexibility index (Phi) is 5.09. The molecule has 110 valence electrons. The van der Waals surface area contributed by atoms with Crippen LogP contribution in [0.1, 0.15) is 0 Å². The van der Waals surface area contributed by atoms with Gasteiger partial charge >= 0.3 is 0 Å². The molecule has 2 aliphatic rings. The van der Waals surface area contributed by atoms with Gasteiger partial charge < -0.3 is 14.0 Å². The summed E-state index contributed by atoms with van der Waals surface area (Å²) in [5.41, 5.74) is 0. The molecule has 19 heavy (non-hydrogen) atoms. The lowest BCUT2D eigenvalue weighted by molar-refractivity contribution is -0.926. The summed E-state index contributed by atoms with van der Waals surface area (Å²) in [7, 11) is 2.10. The molecule has 0 aromatic carbocycles. The fourth-order valence-electron chi connectivity index (χ4n) is 2.75. The summed E-state index contributed by atoms with van der Waals surface area (Å²) in [6.45, 7) is 7.25. The van der Waals surface area contributed by atoms with Gasteiger partial charge in [0.1, 0.15) is 19.6 Å². The molecule has 0 aromatic rings. The number of likely N-dealkylation sites (N-methyl/N-ethyl adjacent to an activating group) is 1. The van der Waals surface area contributed by atoms with Crippen LogP contribution in [0, 0.1) is 10.1 Å². The molecule has 2 heterocycles. The molecular formula is C12H24N3O4+. The average Bonchev–Trinajstić information content (AvgIpc) is 2.39. The van der Waals surface area contributed by atoms with E-state index in [4.69, 9.17) is 9.47 Å². The van der Waals surface area contributed by atoms with E-state index in [1.807, 2.05) is 0 Å². The molecule has 0 aromatic heterocycles. The Morgan fingerprint density at radius 3 is 2.37 bits per heavy atom. The van der Waals surface area contributed by atoms with Crippen molar-refractivity contribution < 1.29 is 18.9 Å². The summed E-state index contributed by atoms with van der Waals surface area (Å²) >= 11 is 0. The van der Waals surface area contributed by atoms with Gasteiger partial charge in [0.2, 0.25) is 0 Å². The Morgan fingerprint density at radius 2 is 1.79 bits per heavy atom. The fraction of sp³-hybridized carbons (Fsp3) is 1.00. The molecule has 7 nitrogen and oxygen atoms in total. The second-order valence-corrected chi connectivity index (χ2v) is 5.71. The summed E-state index contributed by atoms with van der Waals surface area (Å²) in [5, 5.41) is 11.3. The molecule has 7 heteroatoms. The van der Waals surface area contributed by atoms with Crippen LogP contribution in [0.15, 0.2) is 0 Å². The lowest BCUT2D eigenvalue weighted by atomic mass is 10.2. The number of hydrogen-bond donors (Lipinski definition) is 0. The van der Waals surface area contributed by atoms with Crippen LogP contribution in [0.3, 0.4) is 0 Å². The van der Waals surface area contributed by atoms with Crippen molar-refractivity contribution in [3.63, 3.8) is 0 Å². The molecule has 0 N–H and O–H groups in total. The number of rotatable bonds is 5. The molecule has 0 spiro atoms. The van der Waals surface area contributed by atoms with E-state index < -0.39 is 6.04 Å². The minimum Gasteiger partial charge on any atom is -0.379 e. The van der Waals surface area contributed by atoms with Crippen LogP contribution >= 0.6 is 0 Å². The lowest BCUT2D eigenvalue weighted by Gasteiger charge is -2.38. The number of nitrogens with zero attached hydrogens (tertiary/aromatic N) is 3. The van der Waals surface area contributed by atoms with Crippen LogP contribution in [0.25, 0.3) is 0 Å². The van der Waals surface area contributed by atoms with Crippen molar-refractivity contribution in [1.82, 2.24) is 4.90 Å². The molecule has 1 unspecified atom stereocenters. The third-order valence-corrected chi connectivity index (χ3v) is 4.07. The normalized spacial score (nSPS) is 25.9. The highest BCUT2D eigenvalue weighted by molar-refractivity contribution is 4.68. The van der Waals surface area contributed by atoms with E-state index in [1.54, 1.807) is 0 Å². The van der Waals surface area contributed by atoms with Gasteiger partial charge in [0.05, 0.1) is 40.0 Å². The predicted octanol–water partition coefficient (Wildman–Crippen LogP) is -0.559. The first-order chi connectivity index (χ1) is 9.09. The van der Waals surface area contributed by atoms with Crippen molar-refractivity contribution in [3.05, 3.63) is 10.1 Å². The van der Waals surface area contributed by atoms with Crippen LogP contribution in [0.2, 0.25) is 0 Å². The fourth-order valence-corrected chi connectivity index (χ4v) is 2.75. The molecule has 0 saturated carbocycles. The van der Waals surface area contributed by atoms with E-state index in [0.29, 0.717) is 39.5 Å². The minimum absolute atomic E-state index is 0.117. The summed E-state index contributed by atoms with van der Waals surface area (Å²) < 4.78 is 11.4. The largest absolute Gasteiger partial charge is 0.379 e. The number of nitro groups is 1. The maximum Gasteiger partial charge on any atom is 0.273 e. The molecule has 0 bridgehead atoms. The number of ether oxygens (including phenoxy) is 2. The van der Waals surface area contributed by atoms with Gasteiger partial charge in [-0.25, -0.2) is 0 Å². The Balaban J connectivity index is 1.89. The van der Waals surface area contributed by atoms with Gasteiger partial charge in [0.15, 0.2) is 0 Å². The third kappa shape index (κ3) is 4.38. The van der Waals surface area contributed by atoms with Crippen LogP contribution in [-0.2, 0) is 9.47 Å². The zero-order valence-corrected chi connectivity index (χ0v) is 11.6. The topological polar surface area (TPSA) is 64.8 Å². The summed E-state index contributed by atoms with van der Waals surface area (Å²) in [4.78, 5) is 13.3. The van der Waals surface area contributed by atoms with Gasteiger partial charge in [0.25, 0.3) is 6.04 Å². The van der Waals surface area contributed by atoms with E-state index in [1.165, 1.54) is 0 Å². The highest BCUT2D eigenvalue weighted by Crippen LogP contribution is 2.11. The predicted molar refractivity (Wildman–Crippen MR) is 69.6 cm³/mol. The van der Waals surface area contributed by atoms with Crippen LogP contribution in [0.4, 0.5) is 0 Å². The number of hydrogen-bond acceptors (Lipinski definition) is 5. The first-order valence-corrected chi connectivity index (χ1v) is 6.94.